The van der Waals surface area contributed by atoms with Crippen molar-refractivity contribution in [3.05, 3.63) is 102 Å². The number of nitrogens with one attached hydrogen (secondary N) is 1. The molecule has 0 heterocycles. The van der Waals surface area contributed by atoms with Gasteiger partial charge >= 0.3 is 0 Å². The van der Waals surface area contributed by atoms with E-state index in [4.69, 9.17) is 5.73 Å². The molecule has 0 radical (unpaired) electrons. The van der Waals surface area contributed by atoms with Crippen molar-refractivity contribution in [1.82, 2.24) is 4.72 Å². The lowest BCUT2D eigenvalue weighted by atomic mass is 9.94. The number of aryl methyl sites for hydroxylation is 1. The van der Waals surface area contributed by atoms with Crippen LogP contribution in [0.1, 0.15) is 16.7 Å². The number of hydrogen-bond acceptors (Lipinski definition) is 3. The number of hydrogen-bond donors (Lipinski definition) is 2. The molecular weight excluding hydrogens is 344 g/mol. The van der Waals surface area contributed by atoms with E-state index in [1.54, 1.807) is 24.3 Å². The molecule has 1 atom stereocenters. The summed E-state index contributed by atoms with van der Waals surface area (Å²) in [5.41, 5.74) is 8.01. The summed E-state index contributed by atoms with van der Waals surface area (Å²) in [6.45, 7) is 1.91. The van der Waals surface area contributed by atoms with Crippen LogP contribution in [-0.2, 0) is 22.1 Å². The highest BCUT2D eigenvalue weighted by molar-refractivity contribution is 7.89. The van der Waals surface area contributed by atoms with Crippen LogP contribution in [0.4, 0.5) is 0 Å². The maximum Gasteiger partial charge on any atom is 0.242 e. The first kappa shape index (κ1) is 18.3. The van der Waals surface area contributed by atoms with Crippen LogP contribution in [0, 0.1) is 6.92 Å². The van der Waals surface area contributed by atoms with Gasteiger partial charge in [-0.25, -0.2) is 8.42 Å². The maximum atomic E-state index is 12.9. The van der Waals surface area contributed by atoms with Crippen molar-refractivity contribution in [3.8, 4) is 0 Å². The molecule has 0 saturated carbocycles. The molecule has 134 valence electrons. The first-order valence-electron chi connectivity index (χ1n) is 8.38. The fourth-order valence-electron chi connectivity index (χ4n) is 2.87. The third-order valence-electron chi connectivity index (χ3n) is 4.26. The van der Waals surface area contributed by atoms with Gasteiger partial charge < -0.3 is 5.73 Å². The molecule has 3 aromatic rings. The Kier molecular flexibility index (Phi) is 5.23. The van der Waals surface area contributed by atoms with Gasteiger partial charge in [-0.05, 0) is 30.2 Å². The lowest BCUT2D eigenvalue weighted by Crippen LogP contribution is -2.54. The number of benzene rings is 3. The highest BCUT2D eigenvalue weighted by Gasteiger charge is 2.33. The van der Waals surface area contributed by atoms with E-state index in [9.17, 15) is 8.42 Å². The van der Waals surface area contributed by atoms with Crippen LogP contribution in [0.5, 0.6) is 0 Å². The van der Waals surface area contributed by atoms with Gasteiger partial charge in [-0.3, -0.25) is 0 Å². The molecule has 0 unspecified atom stereocenters. The highest BCUT2D eigenvalue weighted by atomic mass is 32.2. The molecule has 0 aliphatic heterocycles. The zero-order valence-electron chi connectivity index (χ0n) is 14.6. The quantitative estimate of drug-likeness (QED) is 0.657. The van der Waals surface area contributed by atoms with Gasteiger partial charge in [0.05, 0.1) is 4.90 Å². The van der Waals surface area contributed by atoms with E-state index in [1.165, 1.54) is 0 Å². The van der Waals surface area contributed by atoms with E-state index in [0.29, 0.717) is 12.0 Å². The molecule has 0 amide bonds. The zero-order valence-corrected chi connectivity index (χ0v) is 15.4. The van der Waals surface area contributed by atoms with Crippen LogP contribution in [0.3, 0.4) is 0 Å². The standard InChI is InChI=1S/C21H22N2O2S/c1-17-12-14-20(15-13-17)26(24,25)23-21(22,19-10-6-3-7-11-19)16-18-8-4-2-5-9-18/h2-15,23H,16,22H2,1H3/t21-/m1/s1. The number of rotatable bonds is 6. The van der Waals surface area contributed by atoms with Gasteiger partial charge in [0.2, 0.25) is 10.0 Å². The molecule has 3 rings (SSSR count). The third-order valence-corrected chi connectivity index (χ3v) is 5.79. The van der Waals surface area contributed by atoms with Crippen LogP contribution in [0.15, 0.2) is 89.8 Å². The number of nitrogens with two attached hydrogens (primary N) is 1. The second-order valence-corrected chi connectivity index (χ2v) is 8.10. The van der Waals surface area contributed by atoms with Crippen molar-refractivity contribution in [3.63, 3.8) is 0 Å². The van der Waals surface area contributed by atoms with E-state index in [1.807, 2.05) is 67.6 Å². The normalized spacial score (nSPS) is 13.9. The molecule has 0 fully saturated rings. The van der Waals surface area contributed by atoms with Crippen molar-refractivity contribution < 1.29 is 8.42 Å². The minimum absolute atomic E-state index is 0.196. The minimum Gasteiger partial charge on any atom is -0.308 e. The van der Waals surface area contributed by atoms with Crippen molar-refractivity contribution in [2.75, 3.05) is 0 Å². The third kappa shape index (κ3) is 4.19. The van der Waals surface area contributed by atoms with Crippen molar-refractivity contribution in [1.29, 1.82) is 0 Å². The topological polar surface area (TPSA) is 72.2 Å². The minimum atomic E-state index is -3.78. The second kappa shape index (κ2) is 7.41. The molecule has 0 aromatic heterocycles. The monoisotopic (exact) mass is 366 g/mol. The molecular formula is C21H22N2O2S. The molecule has 0 bridgehead atoms. The fourth-order valence-corrected chi connectivity index (χ4v) is 4.15. The Bertz CT molecular complexity index is 956. The first-order valence-corrected chi connectivity index (χ1v) is 9.86. The van der Waals surface area contributed by atoms with Gasteiger partial charge in [0.25, 0.3) is 0 Å². The Labute approximate surface area is 154 Å². The summed E-state index contributed by atoms with van der Waals surface area (Å²) in [7, 11) is -3.78. The molecule has 3 aromatic carbocycles. The second-order valence-electron chi connectivity index (χ2n) is 6.42. The average Bonchev–Trinajstić information content (AvgIpc) is 2.63. The highest BCUT2D eigenvalue weighted by Crippen LogP contribution is 2.24. The van der Waals surface area contributed by atoms with Crippen LogP contribution in [0.2, 0.25) is 0 Å². The van der Waals surface area contributed by atoms with Crippen molar-refractivity contribution in [2.45, 2.75) is 23.9 Å². The first-order chi connectivity index (χ1) is 12.4. The Morgan fingerprint density at radius 3 is 1.96 bits per heavy atom. The van der Waals surface area contributed by atoms with Crippen LogP contribution >= 0.6 is 0 Å². The smallest absolute Gasteiger partial charge is 0.242 e. The molecule has 5 heteroatoms. The average molecular weight is 366 g/mol. The predicted molar refractivity (Wildman–Crippen MR) is 104 cm³/mol. The summed E-state index contributed by atoms with van der Waals surface area (Å²) in [6.07, 6.45) is 0.336. The van der Waals surface area contributed by atoms with E-state index in [0.717, 1.165) is 11.1 Å². The van der Waals surface area contributed by atoms with E-state index in [2.05, 4.69) is 4.72 Å². The van der Waals surface area contributed by atoms with Crippen molar-refractivity contribution >= 4 is 10.0 Å². The maximum absolute atomic E-state index is 12.9. The molecule has 26 heavy (non-hydrogen) atoms. The predicted octanol–water partition coefficient (Wildman–Crippen LogP) is 3.33. The SMILES string of the molecule is Cc1ccc(S(=O)(=O)N[C@](N)(Cc2ccccc2)c2ccccc2)cc1. The van der Waals surface area contributed by atoms with Crippen LogP contribution < -0.4 is 10.5 Å². The number of sulfonamides is 1. The summed E-state index contributed by atoms with van der Waals surface area (Å²) in [4.78, 5) is 0.196. The fraction of sp³-hybridized carbons (Fsp3) is 0.143. The Hall–Kier alpha value is -2.47. The van der Waals surface area contributed by atoms with Gasteiger partial charge in [-0.2, -0.15) is 4.72 Å². The van der Waals surface area contributed by atoms with Crippen LogP contribution in [0.25, 0.3) is 0 Å². The van der Waals surface area contributed by atoms with Crippen molar-refractivity contribution in [2.24, 2.45) is 5.73 Å². The summed E-state index contributed by atoms with van der Waals surface area (Å²) in [6, 6.07) is 25.6. The lowest BCUT2D eigenvalue weighted by Gasteiger charge is -2.31. The van der Waals surface area contributed by atoms with Gasteiger partial charge in [0.15, 0.2) is 0 Å². The van der Waals surface area contributed by atoms with Gasteiger partial charge in [0.1, 0.15) is 5.66 Å². The van der Waals surface area contributed by atoms with Gasteiger partial charge in [-0.1, -0.05) is 78.4 Å². The molecule has 0 aliphatic rings. The zero-order chi connectivity index (χ0) is 18.6. The summed E-state index contributed by atoms with van der Waals surface area (Å²) in [5.74, 6) is 0. The molecule has 0 aliphatic carbocycles. The van der Waals surface area contributed by atoms with Crippen LogP contribution in [-0.4, -0.2) is 8.42 Å². The Balaban J connectivity index is 1.99. The van der Waals surface area contributed by atoms with E-state index >= 15 is 0 Å². The van der Waals surface area contributed by atoms with Gasteiger partial charge in [-0.15, -0.1) is 0 Å². The molecule has 4 nitrogen and oxygen atoms in total. The molecule has 0 saturated heterocycles. The molecule has 0 spiro atoms. The largest absolute Gasteiger partial charge is 0.308 e. The summed E-state index contributed by atoms with van der Waals surface area (Å²) >= 11 is 0. The van der Waals surface area contributed by atoms with E-state index < -0.39 is 15.7 Å². The van der Waals surface area contributed by atoms with E-state index in [-0.39, 0.29) is 4.90 Å². The Morgan fingerprint density at radius 1 is 0.846 bits per heavy atom. The Morgan fingerprint density at radius 2 is 1.38 bits per heavy atom. The summed E-state index contributed by atoms with van der Waals surface area (Å²) < 4.78 is 28.6. The lowest BCUT2D eigenvalue weighted by molar-refractivity contribution is 0.404. The molecule has 3 N–H and O–H groups in total. The van der Waals surface area contributed by atoms with Gasteiger partial charge in [0, 0.05) is 6.42 Å². The summed E-state index contributed by atoms with van der Waals surface area (Å²) in [5, 5.41) is 0.